The van der Waals surface area contributed by atoms with Crippen LogP contribution in [-0.4, -0.2) is 177 Å². The molecular weight excluding hydrogens is 1520 g/mol. The lowest BCUT2D eigenvalue weighted by atomic mass is 9.75. The second-order valence-electron chi connectivity index (χ2n) is 28.6. The van der Waals surface area contributed by atoms with E-state index in [0.717, 1.165) is 84.9 Å². The lowest BCUT2D eigenvalue weighted by Crippen LogP contribution is -2.45. The van der Waals surface area contributed by atoms with Crippen molar-refractivity contribution in [3.8, 4) is 47.1 Å². The number of amides is 3. The lowest BCUT2D eigenvalue weighted by molar-refractivity contribution is 0.0146. The van der Waals surface area contributed by atoms with E-state index in [1.165, 1.54) is 24.9 Å². The second kappa shape index (κ2) is 50.3. The van der Waals surface area contributed by atoms with Crippen LogP contribution in [0, 0.1) is 95.2 Å². The highest BCUT2D eigenvalue weighted by Crippen LogP contribution is 2.37. The minimum Gasteiger partial charge on any atom is -0.478 e. The predicted octanol–water partition coefficient (Wildman–Crippen LogP) is 15.7. The third-order valence-corrected chi connectivity index (χ3v) is 18.1. The summed E-state index contributed by atoms with van der Waals surface area (Å²) in [5.74, 6) is 2.46. The highest BCUT2D eigenvalue weighted by atomic mass is 35.5. The van der Waals surface area contributed by atoms with Gasteiger partial charge in [0.1, 0.15) is 58.5 Å². The molecule has 12 rings (SSSR count). The van der Waals surface area contributed by atoms with Crippen molar-refractivity contribution < 1.29 is 33.8 Å². The van der Waals surface area contributed by atoms with Crippen LogP contribution in [-0.2, 0) is 34.6 Å². The number of carbonyl (C=O) groups is 4. The van der Waals surface area contributed by atoms with Gasteiger partial charge in [-0.1, -0.05) is 37.1 Å². The summed E-state index contributed by atoms with van der Waals surface area (Å²) in [5.41, 5.74) is 4.44. The van der Waals surface area contributed by atoms with Crippen LogP contribution < -0.4 is 5.32 Å². The van der Waals surface area contributed by atoms with Crippen molar-refractivity contribution in [2.24, 2.45) is 22.2 Å². The van der Waals surface area contributed by atoms with Crippen LogP contribution in [0.5, 0.6) is 0 Å². The zero-order valence-electron chi connectivity index (χ0n) is 63.7. The normalized spacial score (nSPS) is 14.6. The van der Waals surface area contributed by atoms with Crippen molar-refractivity contribution in [3.63, 3.8) is 0 Å². The number of halogens is 3. The molecule has 620 valence electrons. The summed E-state index contributed by atoms with van der Waals surface area (Å²) in [4.78, 5) is 110. The molecule has 0 aromatic carbocycles. The molecule has 0 saturated carbocycles. The van der Waals surface area contributed by atoms with E-state index in [0.29, 0.717) is 118 Å². The van der Waals surface area contributed by atoms with Crippen LogP contribution in [0.2, 0.25) is 0 Å². The number of likely N-dealkylation sites (tertiary alicyclic amines) is 3. The number of nitriles is 4. The molecule has 29 nitrogen and oxygen atoms in total. The summed E-state index contributed by atoms with van der Waals surface area (Å²) in [6, 6.07) is 19.6. The Hall–Kier alpha value is -11.0. The van der Waals surface area contributed by atoms with E-state index in [2.05, 4.69) is 99.4 Å². The lowest BCUT2D eigenvalue weighted by Gasteiger charge is -2.37. The number of hydrogen-bond donors (Lipinski definition) is 2. The Kier molecular flexibility index (Phi) is 45.5. The SMILES string of the molecule is C.C.C.C.C.CC(C)(C)OC(=O)N1CCC(C#N)CC1.Cc1ncc(CC2(C#N)CCN(C(=O)OC(C)(C)C)CC2)cn1.Cc1ncc(CC2(C#N)CCN(C(=O)c3cccnc3-c3ccncn3)CC2)cn1.Cc1ncc(CC2(C#N)CCNCC2)cn1.Cc1ncc(CCl)cn1.Cl.Cl.O=C(O)c1cccnc1-c1ccncn1. The van der Waals surface area contributed by atoms with Crippen molar-refractivity contribution in [2.75, 3.05) is 52.4 Å². The van der Waals surface area contributed by atoms with Gasteiger partial charge in [0, 0.05) is 125 Å². The molecule has 0 bridgehead atoms. The van der Waals surface area contributed by atoms with Gasteiger partial charge in [-0.05, 0) is 206 Å². The first-order valence-corrected chi connectivity index (χ1v) is 36.1. The number of aryl methyl sites for hydroxylation is 4. The molecule has 115 heavy (non-hydrogen) atoms. The van der Waals surface area contributed by atoms with Crippen molar-refractivity contribution >= 4 is 60.5 Å². The number of nitrogens with zero attached hydrogens (tertiary/aromatic N) is 21. The maximum Gasteiger partial charge on any atom is 0.410 e. The van der Waals surface area contributed by atoms with Crippen LogP contribution in [0.4, 0.5) is 9.59 Å². The number of ether oxygens (including phenoxy) is 2. The Morgan fingerprint density at radius 3 is 1.13 bits per heavy atom. The van der Waals surface area contributed by atoms with Crippen LogP contribution in [0.1, 0.15) is 196 Å². The number of aromatic carboxylic acids is 1. The highest BCUT2D eigenvalue weighted by molar-refractivity contribution is 6.17. The number of pyridine rings is 2. The summed E-state index contributed by atoms with van der Waals surface area (Å²) >= 11 is 5.50. The first-order valence-electron chi connectivity index (χ1n) is 35.5. The van der Waals surface area contributed by atoms with E-state index in [4.69, 9.17) is 31.4 Å². The third-order valence-electron chi connectivity index (χ3n) is 17.8. The van der Waals surface area contributed by atoms with E-state index in [9.17, 15) is 35.0 Å². The Balaban J connectivity index is 0.00000139. The molecule has 0 spiro atoms. The molecule has 2 N–H and O–H groups in total. The molecular formula is C83H115Cl3N22O7. The van der Waals surface area contributed by atoms with Crippen molar-refractivity contribution in [3.05, 3.63) is 180 Å². The maximum absolute atomic E-state index is 13.2. The molecule has 0 atom stereocenters. The number of rotatable bonds is 11. The number of nitrogens with one attached hydrogen (secondary N) is 1. The van der Waals surface area contributed by atoms with Gasteiger partial charge in [0.2, 0.25) is 0 Å². The fourth-order valence-corrected chi connectivity index (χ4v) is 11.9. The molecule has 4 aliphatic rings. The van der Waals surface area contributed by atoms with Crippen LogP contribution in [0.25, 0.3) is 22.8 Å². The third kappa shape index (κ3) is 33.6. The Morgan fingerprint density at radius 2 is 0.809 bits per heavy atom. The molecule has 12 heterocycles. The number of carboxylic acid groups (broad SMARTS) is 1. The smallest absolute Gasteiger partial charge is 0.410 e. The largest absolute Gasteiger partial charge is 0.478 e. The first-order chi connectivity index (χ1) is 51.6. The number of piperidine rings is 4. The van der Waals surface area contributed by atoms with Gasteiger partial charge in [0.15, 0.2) is 0 Å². The number of carbonyl (C=O) groups excluding carboxylic acids is 3. The molecule has 4 fully saturated rings. The number of aromatic nitrogens is 14. The predicted molar refractivity (Wildman–Crippen MR) is 448 cm³/mol. The number of hydrogen-bond acceptors (Lipinski definition) is 25. The molecule has 4 aliphatic heterocycles. The molecule has 32 heteroatoms. The zero-order valence-corrected chi connectivity index (χ0v) is 66.1. The average molecular weight is 1640 g/mol. The van der Waals surface area contributed by atoms with Gasteiger partial charge >= 0.3 is 18.2 Å². The van der Waals surface area contributed by atoms with E-state index >= 15 is 0 Å². The minimum absolute atomic E-state index is 0. The van der Waals surface area contributed by atoms with Crippen molar-refractivity contribution in [2.45, 2.75) is 194 Å². The topological polar surface area (TPSA) is 404 Å². The molecule has 3 amide bonds. The summed E-state index contributed by atoms with van der Waals surface area (Å²) < 4.78 is 10.6. The van der Waals surface area contributed by atoms with Crippen molar-refractivity contribution in [1.82, 2.24) is 89.8 Å². The maximum atomic E-state index is 13.2. The standard InChI is InChI=1S/C22H21N7O.C17H24N4O2.C12H16N4.C11H18N2O2.C10H7N3O2.C6H7ClN2.5CH4.2ClH/c1-16-26-12-17(13-27-16)11-22(14-23)5-9-29(10-6-22)21(30)18-3-2-7-25-20(18)19-4-8-24-15-28-19;1-13-19-10-14(11-20-13)9-17(12-18)5-7-21(8-6-17)15(22)23-16(2,3)4;1-10-15-7-11(8-16-10)6-12(9-13)2-4-14-5-3-12;1-11(2,3)15-10(14)13-6-4-9(8-12)5-7-13;14-10(15)7-2-1-4-12-9(7)8-3-5-11-6-13-8;1-5-8-3-6(2-7)4-9-5;;;;;;;/h2-4,7-8,12-13,15H,5-6,9-11H2,1H3;10-11H,5-9H2,1-4H3;7-8,14H,2-6H2,1H3;9H,4-7H2,1-3H3;1-6H,(H,14,15);3-4H,2H2,1H3;5*1H4;2*1H. The fourth-order valence-electron chi connectivity index (χ4n) is 11.8. The zero-order chi connectivity index (χ0) is 78.3. The molecule has 0 unspecified atom stereocenters. The van der Waals surface area contributed by atoms with E-state index in [1.807, 2.05) is 81.6 Å². The minimum atomic E-state index is -1.02. The summed E-state index contributed by atoms with van der Waals surface area (Å²) in [6.07, 6.45) is 30.6. The van der Waals surface area contributed by atoms with Gasteiger partial charge in [-0.3, -0.25) is 14.8 Å². The van der Waals surface area contributed by atoms with Gasteiger partial charge < -0.3 is 34.6 Å². The van der Waals surface area contributed by atoms with E-state index in [1.54, 1.807) is 101 Å². The van der Waals surface area contributed by atoms with Crippen LogP contribution >= 0.6 is 36.4 Å². The summed E-state index contributed by atoms with van der Waals surface area (Å²) in [7, 11) is 0. The highest BCUT2D eigenvalue weighted by Gasteiger charge is 2.40. The molecule has 4 saturated heterocycles. The summed E-state index contributed by atoms with van der Waals surface area (Å²) in [6.45, 7) is 23.7. The number of alkyl halides is 1. The molecule has 0 radical (unpaired) electrons. The Bertz CT molecular complexity index is 4380. The fraction of sp³-hybridized carbons (Fsp3) is 0.494. The Morgan fingerprint density at radius 1 is 0.478 bits per heavy atom. The average Bonchev–Trinajstić information content (AvgIpc) is 0.799. The molecule has 8 aromatic rings. The van der Waals surface area contributed by atoms with E-state index in [-0.39, 0.29) is 96.9 Å². The number of carboxylic acids is 1. The first kappa shape index (κ1) is 104. The van der Waals surface area contributed by atoms with Gasteiger partial charge in [0.05, 0.1) is 68.9 Å². The molecule has 8 aromatic heterocycles. The van der Waals surface area contributed by atoms with Crippen molar-refractivity contribution in [1.29, 1.82) is 21.0 Å². The van der Waals surface area contributed by atoms with Crippen LogP contribution in [0.15, 0.2) is 123 Å². The van der Waals surface area contributed by atoms with E-state index < -0.39 is 28.0 Å². The molecule has 0 aliphatic carbocycles. The summed E-state index contributed by atoms with van der Waals surface area (Å²) in [5, 5.41) is 49.8. The van der Waals surface area contributed by atoms with Gasteiger partial charge in [0.25, 0.3) is 5.91 Å². The quantitative estimate of drug-likeness (QED) is 0.114. The van der Waals surface area contributed by atoms with Gasteiger partial charge in [-0.25, -0.2) is 74.2 Å². The van der Waals surface area contributed by atoms with Gasteiger partial charge in [-0.15, -0.1) is 36.4 Å². The van der Waals surface area contributed by atoms with Crippen LogP contribution in [0.3, 0.4) is 0 Å². The monoisotopic (exact) mass is 1640 g/mol. The Labute approximate surface area is 696 Å². The van der Waals surface area contributed by atoms with Gasteiger partial charge in [-0.2, -0.15) is 21.0 Å². The second-order valence-corrected chi connectivity index (χ2v) is 28.8.